The Hall–Kier alpha value is -0.810. The highest BCUT2D eigenvalue weighted by atomic mass is 32.2. The molecular weight excluding hydrogens is 222 g/mol. The van der Waals surface area contributed by atoms with Crippen molar-refractivity contribution < 1.29 is 4.74 Å². The largest absolute Gasteiger partial charge is 0.384 e. The lowest BCUT2D eigenvalue weighted by Gasteiger charge is -2.11. The Balaban J connectivity index is 2.81. The number of nitrogens with zero attached hydrogens (tertiary/aromatic N) is 2. The zero-order chi connectivity index (χ0) is 12.0. The minimum atomic E-state index is 0.740. The molecule has 0 saturated carbocycles. The van der Waals surface area contributed by atoms with E-state index in [4.69, 9.17) is 4.74 Å². The molecule has 0 bridgehead atoms. The second-order valence-electron chi connectivity index (χ2n) is 3.42. The van der Waals surface area contributed by atoms with Crippen molar-refractivity contribution in [3.63, 3.8) is 0 Å². The zero-order valence-electron chi connectivity index (χ0n) is 10.3. The van der Waals surface area contributed by atoms with E-state index in [0.29, 0.717) is 0 Å². The monoisotopic (exact) mass is 241 g/mol. The predicted molar refractivity (Wildman–Crippen MR) is 68.3 cm³/mol. The molecule has 0 fully saturated rings. The van der Waals surface area contributed by atoms with Crippen LogP contribution >= 0.6 is 11.8 Å². The van der Waals surface area contributed by atoms with Crippen LogP contribution in [0.3, 0.4) is 0 Å². The minimum Gasteiger partial charge on any atom is -0.384 e. The van der Waals surface area contributed by atoms with Gasteiger partial charge in [-0.25, -0.2) is 9.97 Å². The topological polar surface area (TPSA) is 47.0 Å². The molecule has 0 aliphatic heterocycles. The molecule has 16 heavy (non-hydrogen) atoms. The molecule has 0 radical (unpaired) electrons. The summed E-state index contributed by atoms with van der Waals surface area (Å²) in [7, 11) is 1.71. The van der Waals surface area contributed by atoms with Crippen molar-refractivity contribution >= 4 is 17.6 Å². The Morgan fingerprint density at radius 3 is 2.69 bits per heavy atom. The number of hydrogen-bond acceptors (Lipinski definition) is 5. The molecule has 1 heterocycles. The normalized spacial score (nSPS) is 10.5. The summed E-state index contributed by atoms with van der Waals surface area (Å²) in [6.45, 7) is 7.64. The van der Waals surface area contributed by atoms with Gasteiger partial charge in [0.15, 0.2) is 0 Å². The predicted octanol–water partition coefficient (Wildman–Crippen LogP) is 2.26. The lowest BCUT2D eigenvalue weighted by Crippen LogP contribution is -2.06. The molecule has 1 aromatic heterocycles. The number of rotatable bonds is 6. The lowest BCUT2D eigenvalue weighted by molar-refractivity contribution is 0.218. The zero-order valence-corrected chi connectivity index (χ0v) is 11.1. The first kappa shape index (κ1) is 13.3. The Bertz CT molecular complexity index is 344. The fraction of sp³-hybridized carbons (Fsp3) is 0.636. The average Bonchev–Trinajstić information content (AvgIpc) is 2.25. The molecule has 4 nitrogen and oxygen atoms in total. The van der Waals surface area contributed by atoms with E-state index in [1.807, 2.05) is 13.8 Å². The van der Waals surface area contributed by atoms with Gasteiger partial charge in [0, 0.05) is 25.0 Å². The summed E-state index contributed by atoms with van der Waals surface area (Å²) in [6, 6.07) is 0. The van der Waals surface area contributed by atoms with Crippen molar-refractivity contribution in [3.05, 3.63) is 11.4 Å². The highest BCUT2D eigenvalue weighted by Gasteiger charge is 2.08. The van der Waals surface area contributed by atoms with Crippen LogP contribution in [0.4, 0.5) is 5.82 Å². The molecule has 5 heteroatoms. The van der Waals surface area contributed by atoms with Crippen molar-refractivity contribution in [3.8, 4) is 0 Å². The third-order valence-corrected chi connectivity index (χ3v) is 3.13. The van der Waals surface area contributed by atoms with Crippen LogP contribution < -0.4 is 5.32 Å². The van der Waals surface area contributed by atoms with E-state index >= 15 is 0 Å². The van der Waals surface area contributed by atoms with Crippen LogP contribution in [0.15, 0.2) is 5.03 Å². The number of methoxy groups -OCH3 is 1. The number of hydrogen-bond donors (Lipinski definition) is 1. The molecule has 1 N–H and O–H groups in total. The average molecular weight is 241 g/mol. The van der Waals surface area contributed by atoms with E-state index in [1.165, 1.54) is 0 Å². The van der Waals surface area contributed by atoms with Crippen LogP contribution in [0.1, 0.15) is 18.3 Å². The van der Waals surface area contributed by atoms with Crippen LogP contribution in [0.5, 0.6) is 0 Å². The van der Waals surface area contributed by atoms with Crippen molar-refractivity contribution in [2.75, 3.05) is 31.3 Å². The smallest absolute Gasteiger partial charge is 0.133 e. The van der Waals surface area contributed by atoms with Crippen molar-refractivity contribution in [2.24, 2.45) is 0 Å². The lowest BCUT2D eigenvalue weighted by atomic mass is 10.3. The number of nitrogens with one attached hydrogen (secondary N) is 1. The van der Waals surface area contributed by atoms with E-state index in [-0.39, 0.29) is 0 Å². The minimum absolute atomic E-state index is 0.740. The second kappa shape index (κ2) is 6.70. The molecule has 0 amide bonds. The highest BCUT2D eigenvalue weighted by molar-refractivity contribution is 7.99. The summed E-state index contributed by atoms with van der Waals surface area (Å²) in [5, 5.41) is 4.29. The Labute approximate surface area is 101 Å². The maximum atomic E-state index is 5.03. The quantitative estimate of drug-likeness (QED) is 0.470. The first-order valence-electron chi connectivity index (χ1n) is 5.39. The van der Waals surface area contributed by atoms with Gasteiger partial charge in [-0.2, -0.15) is 0 Å². The molecule has 1 aromatic rings. The summed E-state index contributed by atoms with van der Waals surface area (Å²) in [6.07, 6.45) is 0. The first-order chi connectivity index (χ1) is 7.69. The van der Waals surface area contributed by atoms with E-state index in [9.17, 15) is 0 Å². The summed E-state index contributed by atoms with van der Waals surface area (Å²) < 4.78 is 5.03. The number of aryl methyl sites for hydroxylation is 1. The van der Waals surface area contributed by atoms with Crippen LogP contribution in [-0.2, 0) is 4.74 Å². The van der Waals surface area contributed by atoms with Gasteiger partial charge in [-0.1, -0.05) is 0 Å². The highest BCUT2D eigenvalue weighted by Crippen LogP contribution is 2.24. The number of ether oxygens (including phenoxy) is 1. The van der Waals surface area contributed by atoms with Crippen LogP contribution in [-0.4, -0.2) is 36.0 Å². The summed E-state index contributed by atoms with van der Waals surface area (Å²) in [5.74, 6) is 2.66. The Kier molecular flexibility index (Phi) is 5.55. The Morgan fingerprint density at radius 2 is 2.06 bits per heavy atom. The van der Waals surface area contributed by atoms with E-state index in [1.54, 1.807) is 18.9 Å². The molecule has 0 unspecified atom stereocenters. The molecule has 0 saturated heterocycles. The van der Waals surface area contributed by atoms with Gasteiger partial charge in [-0.3, -0.25) is 0 Å². The summed E-state index contributed by atoms with van der Waals surface area (Å²) >= 11 is 1.71. The van der Waals surface area contributed by atoms with Gasteiger partial charge in [0.2, 0.25) is 0 Å². The van der Waals surface area contributed by atoms with Gasteiger partial charge >= 0.3 is 0 Å². The molecule has 90 valence electrons. The number of aromatic nitrogens is 2. The van der Waals surface area contributed by atoms with Crippen molar-refractivity contribution in [1.29, 1.82) is 0 Å². The fourth-order valence-electron chi connectivity index (χ4n) is 1.30. The van der Waals surface area contributed by atoms with Gasteiger partial charge in [0.05, 0.1) is 6.61 Å². The molecule has 0 atom stereocenters. The van der Waals surface area contributed by atoms with Gasteiger partial charge in [0.25, 0.3) is 0 Å². The first-order valence-corrected chi connectivity index (χ1v) is 6.38. The summed E-state index contributed by atoms with van der Waals surface area (Å²) in [5.41, 5.74) is 1.12. The summed E-state index contributed by atoms with van der Waals surface area (Å²) in [4.78, 5) is 8.83. The molecule has 0 spiro atoms. The SMILES string of the molecule is CCNc1nc(C)nc(SCCOC)c1C. The van der Waals surface area contributed by atoms with Crippen LogP contribution in [0, 0.1) is 13.8 Å². The van der Waals surface area contributed by atoms with Gasteiger partial charge < -0.3 is 10.1 Å². The van der Waals surface area contributed by atoms with E-state index in [2.05, 4.69) is 22.2 Å². The van der Waals surface area contributed by atoms with Gasteiger partial charge in [0.1, 0.15) is 16.7 Å². The van der Waals surface area contributed by atoms with Crippen molar-refractivity contribution in [1.82, 2.24) is 9.97 Å². The van der Waals surface area contributed by atoms with Crippen LogP contribution in [0.25, 0.3) is 0 Å². The maximum Gasteiger partial charge on any atom is 0.133 e. The third kappa shape index (κ3) is 3.64. The van der Waals surface area contributed by atoms with Gasteiger partial charge in [-0.15, -0.1) is 11.8 Å². The van der Waals surface area contributed by atoms with Gasteiger partial charge in [-0.05, 0) is 20.8 Å². The fourth-order valence-corrected chi connectivity index (χ4v) is 2.26. The standard InChI is InChI=1S/C11H19N3OS/c1-5-12-10-8(2)11(14-9(3)13-10)16-7-6-15-4/h5-7H2,1-4H3,(H,12,13,14). The molecular formula is C11H19N3OS. The molecule has 0 aliphatic rings. The maximum absolute atomic E-state index is 5.03. The molecule has 0 aromatic carbocycles. The third-order valence-electron chi connectivity index (χ3n) is 2.08. The van der Waals surface area contributed by atoms with E-state index in [0.717, 1.165) is 41.1 Å². The molecule has 1 rings (SSSR count). The second-order valence-corrected chi connectivity index (χ2v) is 4.50. The van der Waals surface area contributed by atoms with E-state index < -0.39 is 0 Å². The number of thioether (sulfide) groups is 1. The van der Waals surface area contributed by atoms with Crippen LogP contribution in [0.2, 0.25) is 0 Å². The molecule has 0 aliphatic carbocycles. The Morgan fingerprint density at radius 1 is 1.31 bits per heavy atom. The van der Waals surface area contributed by atoms with Crippen molar-refractivity contribution in [2.45, 2.75) is 25.8 Å². The number of anilines is 1.